The smallest absolute Gasteiger partial charge is 0.175 e. The van der Waals surface area contributed by atoms with Crippen molar-refractivity contribution in [3.63, 3.8) is 0 Å². The van der Waals surface area contributed by atoms with E-state index in [1.54, 1.807) is 12.1 Å². The highest BCUT2D eigenvalue weighted by atomic mass is 32.2. The van der Waals surface area contributed by atoms with Crippen molar-refractivity contribution in [1.82, 2.24) is 10.3 Å². The number of hydrogen-bond acceptors (Lipinski definition) is 4. The van der Waals surface area contributed by atoms with Gasteiger partial charge in [0, 0.05) is 24.1 Å². The van der Waals surface area contributed by atoms with Crippen LogP contribution in [0, 0.1) is 0 Å². The third kappa shape index (κ3) is 3.36. The Balaban J connectivity index is 1.88. The largest absolute Gasteiger partial charge is 0.317 e. The number of aromatic nitrogens is 1. The minimum Gasteiger partial charge on any atom is -0.317 e. The molecule has 4 nitrogen and oxygen atoms in total. The highest BCUT2D eigenvalue weighted by Gasteiger charge is 2.17. The van der Waals surface area contributed by atoms with E-state index >= 15 is 0 Å². The highest BCUT2D eigenvalue weighted by Crippen LogP contribution is 2.28. The zero-order valence-electron chi connectivity index (χ0n) is 12.6. The molecule has 0 atom stereocenters. The molecule has 0 saturated carbocycles. The van der Waals surface area contributed by atoms with E-state index in [-0.39, 0.29) is 0 Å². The zero-order chi connectivity index (χ0) is 15.6. The molecule has 5 heteroatoms. The zero-order valence-corrected chi connectivity index (χ0v) is 13.4. The molecule has 1 aliphatic rings. The van der Waals surface area contributed by atoms with E-state index in [1.807, 2.05) is 24.4 Å². The lowest BCUT2D eigenvalue weighted by atomic mass is 9.92. The lowest BCUT2D eigenvalue weighted by Gasteiger charge is -2.22. The second-order valence-electron chi connectivity index (χ2n) is 5.79. The Kier molecular flexibility index (Phi) is 4.27. The van der Waals surface area contributed by atoms with Crippen LogP contribution in [-0.2, 0) is 9.84 Å². The maximum Gasteiger partial charge on any atom is 0.175 e. The summed E-state index contributed by atoms with van der Waals surface area (Å²) >= 11 is 0. The van der Waals surface area contributed by atoms with Crippen LogP contribution in [0.5, 0.6) is 0 Å². The molecule has 22 heavy (non-hydrogen) atoms. The van der Waals surface area contributed by atoms with Crippen LogP contribution < -0.4 is 5.32 Å². The molecule has 3 rings (SSSR count). The van der Waals surface area contributed by atoms with Crippen LogP contribution in [0.25, 0.3) is 11.1 Å². The van der Waals surface area contributed by atoms with Crippen molar-refractivity contribution >= 4 is 9.84 Å². The minimum atomic E-state index is -3.15. The normalized spacial score (nSPS) is 16.6. The lowest BCUT2D eigenvalue weighted by molar-refractivity contribution is 0.453. The number of nitrogens with zero attached hydrogens (tertiary/aromatic N) is 1. The first-order chi connectivity index (χ1) is 10.5. The Morgan fingerprint density at radius 1 is 1.05 bits per heavy atom. The Morgan fingerprint density at radius 3 is 2.36 bits per heavy atom. The number of sulfone groups is 1. The van der Waals surface area contributed by atoms with Crippen molar-refractivity contribution in [2.45, 2.75) is 23.7 Å². The molecule has 1 aliphatic heterocycles. The van der Waals surface area contributed by atoms with Crippen LogP contribution >= 0.6 is 0 Å². The topological polar surface area (TPSA) is 59.1 Å². The molecule has 2 aromatic rings. The summed E-state index contributed by atoms with van der Waals surface area (Å²) in [6.45, 7) is 2.08. The second kappa shape index (κ2) is 6.18. The predicted molar refractivity (Wildman–Crippen MR) is 87.6 cm³/mol. The van der Waals surface area contributed by atoms with Crippen LogP contribution in [0.3, 0.4) is 0 Å². The fourth-order valence-electron chi connectivity index (χ4n) is 2.86. The van der Waals surface area contributed by atoms with E-state index in [9.17, 15) is 8.42 Å². The van der Waals surface area contributed by atoms with E-state index in [4.69, 9.17) is 0 Å². The maximum atomic E-state index is 11.5. The molecule has 1 N–H and O–H groups in total. The van der Waals surface area contributed by atoms with Crippen molar-refractivity contribution in [2.24, 2.45) is 0 Å². The second-order valence-corrected chi connectivity index (χ2v) is 7.81. The minimum absolute atomic E-state index is 0.351. The molecule has 0 radical (unpaired) electrons. The molecule has 1 saturated heterocycles. The summed E-state index contributed by atoms with van der Waals surface area (Å²) in [5.41, 5.74) is 3.24. The number of benzene rings is 1. The van der Waals surface area contributed by atoms with Gasteiger partial charge in [0.05, 0.1) is 4.90 Å². The standard InChI is InChI=1S/C17H20N2O2S/c1-22(20,21)16-4-2-13(3-5-16)15-8-11-19-17(12-15)14-6-9-18-10-7-14/h2-5,8,11-12,14,18H,6-7,9-10H2,1H3. The number of nitrogens with one attached hydrogen (secondary N) is 1. The van der Waals surface area contributed by atoms with Crippen LogP contribution in [0.4, 0.5) is 0 Å². The molecule has 0 spiro atoms. The average Bonchev–Trinajstić information content (AvgIpc) is 2.55. The third-order valence-corrected chi connectivity index (χ3v) is 5.28. The highest BCUT2D eigenvalue weighted by molar-refractivity contribution is 7.90. The molecule has 1 fully saturated rings. The first kappa shape index (κ1) is 15.2. The predicted octanol–water partition coefficient (Wildman–Crippen LogP) is 2.62. The summed E-state index contributed by atoms with van der Waals surface area (Å²) in [6, 6.07) is 11.1. The van der Waals surface area contributed by atoms with Crippen molar-refractivity contribution < 1.29 is 8.42 Å². The van der Waals surface area contributed by atoms with Gasteiger partial charge in [-0.05, 0) is 61.3 Å². The number of hydrogen-bond donors (Lipinski definition) is 1. The van der Waals surface area contributed by atoms with Crippen molar-refractivity contribution in [2.75, 3.05) is 19.3 Å². The summed E-state index contributed by atoms with van der Waals surface area (Å²) in [6.07, 6.45) is 5.30. The van der Waals surface area contributed by atoms with Gasteiger partial charge in [-0.15, -0.1) is 0 Å². The fraction of sp³-hybridized carbons (Fsp3) is 0.353. The summed E-state index contributed by atoms with van der Waals surface area (Å²) in [7, 11) is -3.15. The van der Waals surface area contributed by atoms with Gasteiger partial charge in [-0.25, -0.2) is 8.42 Å². The molecule has 2 heterocycles. The Hall–Kier alpha value is -1.72. The first-order valence-electron chi connectivity index (χ1n) is 7.51. The fourth-order valence-corrected chi connectivity index (χ4v) is 3.49. The average molecular weight is 316 g/mol. The van der Waals surface area contributed by atoms with Gasteiger partial charge in [0.15, 0.2) is 9.84 Å². The molecule has 0 bridgehead atoms. The Bertz CT molecular complexity index is 748. The van der Waals surface area contributed by atoms with E-state index in [2.05, 4.69) is 16.4 Å². The van der Waals surface area contributed by atoms with Gasteiger partial charge >= 0.3 is 0 Å². The monoisotopic (exact) mass is 316 g/mol. The van der Waals surface area contributed by atoms with Crippen LogP contribution in [0.2, 0.25) is 0 Å². The Labute approximate surface area is 131 Å². The van der Waals surface area contributed by atoms with E-state index in [0.717, 1.165) is 42.8 Å². The molecule has 0 aliphatic carbocycles. The SMILES string of the molecule is CS(=O)(=O)c1ccc(-c2ccnc(C3CCNCC3)c2)cc1. The van der Waals surface area contributed by atoms with Crippen LogP contribution in [0.1, 0.15) is 24.5 Å². The number of rotatable bonds is 3. The maximum absolute atomic E-state index is 11.5. The van der Waals surface area contributed by atoms with Gasteiger partial charge in [-0.3, -0.25) is 4.98 Å². The summed E-state index contributed by atoms with van der Waals surface area (Å²) in [4.78, 5) is 4.87. The van der Waals surface area contributed by atoms with Gasteiger partial charge in [0.25, 0.3) is 0 Å². The molecule has 0 amide bonds. The molecular weight excluding hydrogens is 296 g/mol. The van der Waals surface area contributed by atoms with E-state index < -0.39 is 9.84 Å². The van der Waals surface area contributed by atoms with Gasteiger partial charge in [-0.1, -0.05) is 12.1 Å². The van der Waals surface area contributed by atoms with Crippen molar-refractivity contribution in [3.05, 3.63) is 48.3 Å². The Morgan fingerprint density at radius 2 is 1.73 bits per heavy atom. The van der Waals surface area contributed by atoms with Gasteiger partial charge in [0.1, 0.15) is 0 Å². The van der Waals surface area contributed by atoms with E-state index in [1.165, 1.54) is 6.26 Å². The van der Waals surface area contributed by atoms with Gasteiger partial charge < -0.3 is 5.32 Å². The lowest BCUT2D eigenvalue weighted by Crippen LogP contribution is -2.27. The third-order valence-electron chi connectivity index (χ3n) is 4.15. The van der Waals surface area contributed by atoms with Gasteiger partial charge in [0.2, 0.25) is 0 Å². The summed E-state index contributed by atoms with van der Waals surface area (Å²) in [5.74, 6) is 0.511. The molecular formula is C17H20N2O2S. The van der Waals surface area contributed by atoms with Crippen LogP contribution in [0.15, 0.2) is 47.5 Å². The van der Waals surface area contributed by atoms with Crippen molar-refractivity contribution in [3.8, 4) is 11.1 Å². The molecule has 1 aromatic carbocycles. The summed E-state index contributed by atoms with van der Waals surface area (Å²) in [5, 5.41) is 3.37. The van der Waals surface area contributed by atoms with Crippen molar-refractivity contribution in [1.29, 1.82) is 0 Å². The quantitative estimate of drug-likeness (QED) is 0.945. The first-order valence-corrected chi connectivity index (χ1v) is 9.40. The summed E-state index contributed by atoms with van der Waals surface area (Å²) < 4.78 is 23.1. The molecule has 0 unspecified atom stereocenters. The molecule has 1 aromatic heterocycles. The number of piperidine rings is 1. The number of pyridine rings is 1. The van der Waals surface area contributed by atoms with Gasteiger partial charge in [-0.2, -0.15) is 0 Å². The molecule has 116 valence electrons. The van der Waals surface area contributed by atoms with E-state index in [0.29, 0.717) is 10.8 Å². The van der Waals surface area contributed by atoms with Crippen LogP contribution in [-0.4, -0.2) is 32.7 Å².